The first-order valence-electron chi connectivity index (χ1n) is 6.18. The van der Waals surface area contributed by atoms with Crippen molar-refractivity contribution in [3.05, 3.63) is 46.6 Å². The molecule has 120 valence electrons. The first-order valence-corrected chi connectivity index (χ1v) is 7.84. The zero-order valence-corrected chi connectivity index (χ0v) is 12.5. The Morgan fingerprint density at radius 3 is 2.41 bits per heavy atom. The Kier molecular flexibility index (Phi) is 4.19. The van der Waals surface area contributed by atoms with Crippen LogP contribution < -0.4 is 4.72 Å². The summed E-state index contributed by atoms with van der Waals surface area (Å²) in [7, 11) is -4.06. The molecule has 1 aromatic heterocycles. The van der Waals surface area contributed by atoms with E-state index in [-0.39, 0.29) is 11.4 Å². The van der Waals surface area contributed by atoms with E-state index in [0.717, 1.165) is 12.1 Å². The van der Waals surface area contributed by atoms with Gasteiger partial charge in [-0.15, -0.1) is 0 Å². The first-order chi connectivity index (χ1) is 10.1. The van der Waals surface area contributed by atoms with Gasteiger partial charge in [-0.2, -0.15) is 13.2 Å². The van der Waals surface area contributed by atoms with Gasteiger partial charge in [-0.05, 0) is 25.5 Å². The molecule has 9 heteroatoms. The zero-order chi connectivity index (χ0) is 16.5. The summed E-state index contributed by atoms with van der Waals surface area (Å²) in [6, 6.07) is 4.52. The number of nitrogens with one attached hydrogen (secondary N) is 1. The second kappa shape index (κ2) is 5.64. The average molecular weight is 334 g/mol. The number of nitrogens with zero attached hydrogens (tertiary/aromatic N) is 1. The highest BCUT2D eigenvalue weighted by Crippen LogP contribution is 2.32. The van der Waals surface area contributed by atoms with E-state index in [1.165, 1.54) is 12.1 Å². The van der Waals surface area contributed by atoms with Crippen LogP contribution >= 0.6 is 0 Å². The third-order valence-corrected chi connectivity index (χ3v) is 4.26. The third kappa shape index (κ3) is 3.59. The van der Waals surface area contributed by atoms with Crippen LogP contribution in [-0.4, -0.2) is 13.6 Å². The highest BCUT2D eigenvalue weighted by atomic mass is 32.2. The van der Waals surface area contributed by atoms with E-state index in [9.17, 15) is 21.6 Å². The molecule has 0 radical (unpaired) electrons. The fourth-order valence-corrected chi connectivity index (χ4v) is 3.02. The van der Waals surface area contributed by atoms with Gasteiger partial charge in [0, 0.05) is 5.56 Å². The molecule has 0 aliphatic carbocycles. The van der Waals surface area contributed by atoms with Crippen molar-refractivity contribution >= 4 is 15.9 Å². The Bertz CT molecular complexity index is 782. The number of aryl methyl sites for hydroxylation is 1. The molecular formula is C13H13F3N2O3S. The summed E-state index contributed by atoms with van der Waals surface area (Å²) in [5, 5.41) is 3.58. The number of rotatable bonds is 4. The summed E-state index contributed by atoms with van der Waals surface area (Å²) in [6.45, 7) is 3.21. The number of benzene rings is 1. The van der Waals surface area contributed by atoms with Gasteiger partial charge in [0.1, 0.15) is 0 Å². The minimum Gasteiger partial charge on any atom is -0.337 e. The maximum absolute atomic E-state index is 12.9. The molecule has 22 heavy (non-hydrogen) atoms. The van der Waals surface area contributed by atoms with Gasteiger partial charge in [0.2, 0.25) is 15.9 Å². The molecule has 0 saturated heterocycles. The van der Waals surface area contributed by atoms with Crippen LogP contribution in [0.3, 0.4) is 0 Å². The molecule has 0 atom stereocenters. The van der Waals surface area contributed by atoms with Crippen LogP contribution in [0.1, 0.15) is 22.4 Å². The van der Waals surface area contributed by atoms with Crippen molar-refractivity contribution in [2.24, 2.45) is 0 Å². The summed E-state index contributed by atoms with van der Waals surface area (Å²) < 4.78 is 69.6. The molecule has 0 fully saturated rings. The van der Waals surface area contributed by atoms with E-state index in [0.29, 0.717) is 11.3 Å². The second-order valence-corrected chi connectivity index (χ2v) is 6.46. The van der Waals surface area contributed by atoms with Crippen molar-refractivity contribution in [3.63, 3.8) is 0 Å². The van der Waals surface area contributed by atoms with Crippen LogP contribution in [0.25, 0.3) is 0 Å². The number of halogens is 3. The highest BCUT2D eigenvalue weighted by Gasteiger charge is 2.34. The highest BCUT2D eigenvalue weighted by molar-refractivity contribution is 7.91. The largest absolute Gasteiger partial charge is 0.416 e. The molecule has 2 rings (SSSR count). The van der Waals surface area contributed by atoms with Crippen molar-refractivity contribution in [3.8, 4) is 0 Å². The van der Waals surface area contributed by atoms with Gasteiger partial charge in [0.25, 0.3) is 0 Å². The minimum absolute atomic E-state index is 0.0954. The molecule has 0 amide bonds. The smallest absolute Gasteiger partial charge is 0.337 e. The molecule has 1 heterocycles. The SMILES string of the molecule is Cc1noc(NS(=O)(=O)Cc2ccccc2C(F)(F)F)c1C. The van der Waals surface area contributed by atoms with Gasteiger partial charge in [-0.3, -0.25) is 4.72 Å². The lowest BCUT2D eigenvalue weighted by atomic mass is 10.1. The van der Waals surface area contributed by atoms with Crippen molar-refractivity contribution in [2.75, 3.05) is 4.72 Å². The van der Waals surface area contributed by atoms with E-state index in [4.69, 9.17) is 4.52 Å². The van der Waals surface area contributed by atoms with Crippen LogP contribution in [0.15, 0.2) is 28.8 Å². The van der Waals surface area contributed by atoms with Crippen molar-refractivity contribution in [1.29, 1.82) is 0 Å². The number of anilines is 1. The van der Waals surface area contributed by atoms with E-state index in [1.54, 1.807) is 13.8 Å². The van der Waals surface area contributed by atoms with Crippen molar-refractivity contribution in [1.82, 2.24) is 5.16 Å². The standard InChI is InChI=1S/C13H13F3N2O3S/c1-8-9(2)17-21-12(8)18-22(19,20)7-10-5-3-4-6-11(10)13(14,15)16/h3-6,18H,7H2,1-2H3. The predicted molar refractivity (Wildman–Crippen MR) is 73.7 cm³/mol. The molecule has 0 aliphatic heterocycles. The topological polar surface area (TPSA) is 72.2 Å². The molecule has 1 N–H and O–H groups in total. The maximum Gasteiger partial charge on any atom is 0.416 e. The van der Waals surface area contributed by atoms with E-state index in [1.807, 2.05) is 0 Å². The van der Waals surface area contributed by atoms with Crippen LogP contribution in [0, 0.1) is 13.8 Å². The van der Waals surface area contributed by atoms with E-state index >= 15 is 0 Å². The number of alkyl halides is 3. The van der Waals surface area contributed by atoms with Gasteiger partial charge in [-0.25, -0.2) is 8.42 Å². The quantitative estimate of drug-likeness (QED) is 0.931. The lowest BCUT2D eigenvalue weighted by Crippen LogP contribution is -2.18. The number of hydrogen-bond acceptors (Lipinski definition) is 4. The fraction of sp³-hybridized carbons (Fsp3) is 0.308. The molecule has 0 saturated carbocycles. The normalized spacial score (nSPS) is 12.4. The molecule has 5 nitrogen and oxygen atoms in total. The summed E-state index contributed by atoms with van der Waals surface area (Å²) in [6.07, 6.45) is -4.62. The van der Waals surface area contributed by atoms with Gasteiger partial charge in [0.15, 0.2) is 0 Å². The Hall–Kier alpha value is -2.03. The average Bonchev–Trinajstić information content (AvgIpc) is 2.69. The molecule has 2 aromatic rings. The van der Waals surface area contributed by atoms with Crippen LogP contribution in [0.2, 0.25) is 0 Å². The summed E-state index contributed by atoms with van der Waals surface area (Å²) in [5.41, 5.74) is -0.344. The Balaban J connectivity index is 2.29. The predicted octanol–water partition coefficient (Wildman–Crippen LogP) is 3.25. The van der Waals surface area contributed by atoms with Crippen LogP contribution in [0.5, 0.6) is 0 Å². The van der Waals surface area contributed by atoms with Gasteiger partial charge >= 0.3 is 6.18 Å². The van der Waals surface area contributed by atoms with Crippen LogP contribution in [0.4, 0.5) is 19.1 Å². The van der Waals surface area contributed by atoms with Crippen molar-refractivity contribution in [2.45, 2.75) is 25.8 Å². The molecule has 0 unspecified atom stereocenters. The minimum atomic E-state index is -4.62. The summed E-state index contributed by atoms with van der Waals surface area (Å²) in [4.78, 5) is 0. The van der Waals surface area contributed by atoms with Gasteiger partial charge in [-0.1, -0.05) is 23.4 Å². The summed E-state index contributed by atoms with van der Waals surface area (Å²) in [5.74, 6) is -0.913. The zero-order valence-electron chi connectivity index (χ0n) is 11.7. The van der Waals surface area contributed by atoms with Crippen LogP contribution in [-0.2, 0) is 22.0 Å². The summed E-state index contributed by atoms with van der Waals surface area (Å²) >= 11 is 0. The number of aromatic nitrogens is 1. The Morgan fingerprint density at radius 2 is 1.86 bits per heavy atom. The molecular weight excluding hydrogens is 321 g/mol. The molecule has 0 aliphatic rings. The Labute approximate surface area is 125 Å². The number of hydrogen-bond donors (Lipinski definition) is 1. The fourth-order valence-electron chi connectivity index (χ4n) is 1.82. The maximum atomic E-state index is 12.9. The van der Waals surface area contributed by atoms with Crippen molar-refractivity contribution < 1.29 is 26.1 Å². The molecule has 1 aromatic carbocycles. The van der Waals surface area contributed by atoms with E-state index < -0.39 is 27.5 Å². The van der Waals surface area contributed by atoms with Gasteiger partial charge < -0.3 is 4.52 Å². The van der Waals surface area contributed by atoms with E-state index in [2.05, 4.69) is 9.88 Å². The molecule has 0 bridgehead atoms. The lowest BCUT2D eigenvalue weighted by molar-refractivity contribution is -0.138. The Morgan fingerprint density at radius 1 is 1.23 bits per heavy atom. The monoisotopic (exact) mass is 334 g/mol. The second-order valence-electron chi connectivity index (χ2n) is 4.74. The first kappa shape index (κ1) is 16.3. The van der Waals surface area contributed by atoms with Gasteiger partial charge in [0.05, 0.1) is 17.0 Å². The third-order valence-electron chi connectivity index (χ3n) is 3.07. The molecule has 0 spiro atoms. The number of sulfonamides is 1. The lowest BCUT2D eigenvalue weighted by Gasteiger charge is -2.13.